The summed E-state index contributed by atoms with van der Waals surface area (Å²) in [6, 6.07) is 20.8. The first kappa shape index (κ1) is 46.7. The number of aliphatic carboxylic acids is 1. The van der Waals surface area contributed by atoms with Gasteiger partial charge < -0.3 is 30.0 Å². The first-order valence-electron chi connectivity index (χ1n) is 24.5. The summed E-state index contributed by atoms with van der Waals surface area (Å²) in [4.78, 5) is 33.6. The molecule has 2 aromatic heterocycles. The van der Waals surface area contributed by atoms with Crippen molar-refractivity contribution >= 4 is 33.7 Å². The number of carbonyl (C=O) groups is 2. The average molecular weight is 863 g/mol. The number of esters is 1. The molecule has 2 heterocycles. The number of aromatic nitrogens is 2. The van der Waals surface area contributed by atoms with Crippen LogP contribution >= 0.6 is 0 Å². The Morgan fingerprint density at radius 3 is 1.37 bits per heavy atom. The zero-order valence-electron chi connectivity index (χ0n) is 38.5. The maximum absolute atomic E-state index is 12.2. The van der Waals surface area contributed by atoms with Gasteiger partial charge >= 0.3 is 11.9 Å². The molecule has 10 rings (SSSR count). The fraction of sp³-hybridized carbons (Fsp3) is 0.623. The highest BCUT2D eigenvalue weighted by atomic mass is 16.5. The monoisotopic (exact) mass is 863 g/mol. The number of nitrogens with one attached hydrogen (secondary N) is 2. The largest absolute Gasteiger partial charge is 0.494 e. The lowest BCUT2D eigenvalue weighted by Crippen LogP contribution is -2.56. The van der Waals surface area contributed by atoms with Crippen LogP contribution in [0, 0.1) is 10.8 Å². The average Bonchev–Trinajstić information content (AvgIpc) is 3.33. The smallest absolute Gasteiger partial charge is 0.311 e. The van der Waals surface area contributed by atoms with E-state index in [0.717, 1.165) is 161 Å². The highest BCUT2D eigenvalue weighted by Crippen LogP contribution is 2.54. The van der Waals surface area contributed by atoms with Gasteiger partial charge in [0.1, 0.15) is 11.5 Å². The van der Waals surface area contributed by atoms with Crippen LogP contribution in [0.4, 0.5) is 0 Å². The minimum atomic E-state index is -0.600. The molecule has 4 bridgehead atoms. The second kappa shape index (κ2) is 21.6. The van der Waals surface area contributed by atoms with Crippen molar-refractivity contribution < 1.29 is 28.9 Å². The van der Waals surface area contributed by atoms with Crippen molar-refractivity contribution in [2.45, 2.75) is 179 Å². The van der Waals surface area contributed by atoms with Gasteiger partial charge in [0.05, 0.1) is 53.6 Å². The Bertz CT molecular complexity index is 2090. The number of rotatable bonds is 22. The van der Waals surface area contributed by atoms with Crippen molar-refractivity contribution in [3.8, 4) is 11.5 Å². The molecule has 10 heteroatoms. The van der Waals surface area contributed by atoms with Crippen LogP contribution in [0.2, 0.25) is 0 Å². The molecule has 0 saturated heterocycles. The van der Waals surface area contributed by atoms with E-state index in [2.05, 4.69) is 66.9 Å². The number of carboxylic acids is 1. The summed E-state index contributed by atoms with van der Waals surface area (Å²) < 4.78 is 17.0. The third-order valence-corrected chi connectivity index (χ3v) is 15.3. The summed E-state index contributed by atoms with van der Waals surface area (Å²) in [5, 5.41) is 19.3. The SMILES string of the molecule is CCCCCCCOc1ccc2nc(CNC34CCC(C(=O)O)(CC3)CC4)ccc2c1.CCCCCCCOc1ccc2nc(CNC34CCC(C(=O)OC)(CC3)CC4)ccc2c1. The molecule has 6 aliphatic rings. The van der Waals surface area contributed by atoms with Gasteiger partial charge in [0.15, 0.2) is 0 Å². The molecule has 342 valence electrons. The first-order chi connectivity index (χ1) is 30.6. The molecule has 0 atom stereocenters. The van der Waals surface area contributed by atoms with Gasteiger partial charge in [0.2, 0.25) is 0 Å². The molecule has 6 fully saturated rings. The van der Waals surface area contributed by atoms with Crippen LogP contribution in [0.25, 0.3) is 21.8 Å². The zero-order valence-corrected chi connectivity index (χ0v) is 38.5. The van der Waals surface area contributed by atoms with Crippen molar-refractivity contribution in [1.29, 1.82) is 0 Å². The number of benzene rings is 2. The van der Waals surface area contributed by atoms with Gasteiger partial charge in [-0.3, -0.25) is 19.6 Å². The minimum absolute atomic E-state index is 0.0122. The van der Waals surface area contributed by atoms with Crippen molar-refractivity contribution in [2.24, 2.45) is 10.8 Å². The first-order valence-corrected chi connectivity index (χ1v) is 24.5. The quantitative estimate of drug-likeness (QED) is 0.0518. The minimum Gasteiger partial charge on any atom is -0.494 e. The maximum Gasteiger partial charge on any atom is 0.311 e. The molecule has 0 spiro atoms. The molecule has 4 aromatic rings. The number of ether oxygens (including phenoxy) is 3. The van der Waals surface area contributed by atoms with Gasteiger partial charge in [-0.15, -0.1) is 0 Å². The number of hydrogen-bond donors (Lipinski definition) is 3. The number of nitrogens with zero attached hydrogens (tertiary/aromatic N) is 2. The molecule has 0 amide bonds. The summed E-state index contributed by atoms with van der Waals surface area (Å²) in [6.45, 7) is 7.52. The van der Waals surface area contributed by atoms with E-state index in [9.17, 15) is 14.7 Å². The molecule has 10 nitrogen and oxygen atoms in total. The molecule has 6 aliphatic carbocycles. The Morgan fingerprint density at radius 2 is 0.968 bits per heavy atom. The van der Waals surface area contributed by atoms with Gasteiger partial charge in [-0.25, -0.2) is 0 Å². The van der Waals surface area contributed by atoms with Crippen LogP contribution in [-0.4, -0.2) is 58.4 Å². The second-order valence-electron chi connectivity index (χ2n) is 19.5. The van der Waals surface area contributed by atoms with E-state index in [4.69, 9.17) is 24.2 Å². The van der Waals surface area contributed by atoms with E-state index in [1.807, 2.05) is 18.2 Å². The Balaban J connectivity index is 0.000000189. The number of fused-ring (bicyclic) bond motifs is 8. The molecule has 63 heavy (non-hydrogen) atoms. The number of unbranched alkanes of at least 4 members (excludes halogenated alkanes) is 8. The van der Waals surface area contributed by atoms with Crippen LogP contribution in [0.1, 0.15) is 166 Å². The predicted molar refractivity (Wildman–Crippen MR) is 251 cm³/mol. The van der Waals surface area contributed by atoms with Gasteiger partial charge in [0, 0.05) is 34.9 Å². The lowest BCUT2D eigenvalue weighted by Gasteiger charge is -2.52. The molecule has 0 aliphatic heterocycles. The number of hydrogen-bond acceptors (Lipinski definition) is 9. The molecule has 3 N–H and O–H groups in total. The lowest BCUT2D eigenvalue weighted by molar-refractivity contribution is -0.160. The van der Waals surface area contributed by atoms with E-state index in [-0.39, 0.29) is 22.5 Å². The zero-order chi connectivity index (χ0) is 44.2. The summed E-state index contributed by atoms with van der Waals surface area (Å²) in [7, 11) is 1.51. The summed E-state index contributed by atoms with van der Waals surface area (Å²) in [6.07, 6.45) is 23.6. The molecule has 2 aromatic carbocycles. The van der Waals surface area contributed by atoms with Crippen molar-refractivity contribution in [3.05, 3.63) is 72.1 Å². The maximum atomic E-state index is 12.2. The molecule has 6 saturated carbocycles. The predicted octanol–water partition coefficient (Wildman–Crippen LogP) is 11.8. The highest BCUT2D eigenvalue weighted by molar-refractivity contribution is 5.81. The van der Waals surface area contributed by atoms with E-state index in [1.165, 1.54) is 58.5 Å². The summed E-state index contributed by atoms with van der Waals surface area (Å²) >= 11 is 0. The van der Waals surface area contributed by atoms with E-state index >= 15 is 0 Å². The highest BCUT2D eigenvalue weighted by Gasteiger charge is 2.53. The fourth-order valence-corrected chi connectivity index (χ4v) is 10.8. The standard InChI is InChI=1S/C27H38N2O3.C26H36N2O3/c1-3-4-5-6-7-18-32-23-10-11-24-21(19-23)8-9-22(29-24)20-28-27-15-12-26(13-16-27,14-17-27)25(30)31-2;1-2-3-4-5-6-17-31-22-9-10-23-20(18-22)7-8-21(28-23)19-27-26-14-11-25(12-15-26,13-16-26)24(29)30/h8-11,19,28H,3-7,12-18,20H2,1-2H3;7-10,18,27H,2-6,11-17,19H2,1H3,(H,29,30). The molecular formula is C53H74N4O6. The lowest BCUT2D eigenvalue weighted by atomic mass is 9.57. The molecular weight excluding hydrogens is 789 g/mol. The number of pyridine rings is 2. The van der Waals surface area contributed by atoms with Crippen molar-refractivity contribution in [2.75, 3.05) is 20.3 Å². The van der Waals surface area contributed by atoms with Crippen molar-refractivity contribution in [1.82, 2.24) is 20.6 Å². The molecule has 0 radical (unpaired) electrons. The summed E-state index contributed by atoms with van der Waals surface area (Å²) in [5.74, 6) is 1.23. The Hall–Kier alpha value is -4.28. The van der Waals surface area contributed by atoms with E-state index < -0.39 is 11.4 Å². The second-order valence-corrected chi connectivity index (χ2v) is 19.5. The number of carboxylic acid groups (broad SMARTS) is 1. The van der Waals surface area contributed by atoms with E-state index in [1.54, 1.807) is 0 Å². The normalized spacial score (nSPS) is 24.8. The number of carbonyl (C=O) groups excluding carboxylic acids is 1. The fourth-order valence-electron chi connectivity index (χ4n) is 10.8. The Labute approximate surface area is 376 Å². The van der Waals surface area contributed by atoms with Crippen LogP contribution in [0.3, 0.4) is 0 Å². The van der Waals surface area contributed by atoms with E-state index in [0.29, 0.717) is 0 Å². The Kier molecular flexibility index (Phi) is 16.0. The van der Waals surface area contributed by atoms with Crippen LogP contribution in [0.15, 0.2) is 60.7 Å². The third kappa shape index (κ3) is 11.7. The Morgan fingerprint density at radius 1 is 0.556 bits per heavy atom. The van der Waals surface area contributed by atoms with Gasteiger partial charge in [-0.2, -0.15) is 0 Å². The van der Waals surface area contributed by atoms with Gasteiger partial charge in [-0.05, 0) is 138 Å². The third-order valence-electron chi connectivity index (χ3n) is 15.3. The van der Waals surface area contributed by atoms with Crippen LogP contribution in [-0.2, 0) is 27.4 Å². The van der Waals surface area contributed by atoms with Gasteiger partial charge in [-0.1, -0.05) is 77.3 Å². The van der Waals surface area contributed by atoms with Crippen LogP contribution < -0.4 is 20.1 Å². The topological polar surface area (TPSA) is 132 Å². The van der Waals surface area contributed by atoms with Gasteiger partial charge in [0.25, 0.3) is 0 Å². The summed E-state index contributed by atoms with van der Waals surface area (Å²) in [5.41, 5.74) is 3.63. The number of methoxy groups -OCH3 is 1. The van der Waals surface area contributed by atoms with Crippen molar-refractivity contribution in [3.63, 3.8) is 0 Å². The molecule has 0 unspecified atom stereocenters. The van der Waals surface area contributed by atoms with Crippen LogP contribution in [0.5, 0.6) is 11.5 Å².